The first-order valence-electron chi connectivity index (χ1n) is 12.8. The van der Waals surface area contributed by atoms with Crippen LogP contribution in [0.15, 0.2) is 48.5 Å². The summed E-state index contributed by atoms with van der Waals surface area (Å²) in [6.07, 6.45) is 0. The largest absolute Gasteiger partial charge is 0.496 e. The van der Waals surface area contributed by atoms with Crippen LogP contribution in [0.4, 0.5) is 17.1 Å². The van der Waals surface area contributed by atoms with E-state index < -0.39 is 11.4 Å². The van der Waals surface area contributed by atoms with Crippen molar-refractivity contribution in [3.8, 4) is 17.1 Å². The molecule has 0 radical (unpaired) electrons. The number of nitrogens with zero attached hydrogens (tertiary/aromatic N) is 3. The first kappa shape index (κ1) is 26.2. The van der Waals surface area contributed by atoms with Crippen LogP contribution in [-0.4, -0.2) is 28.5 Å². The number of aryl methyl sites for hydroxylation is 2. The number of carbonyl (C=O) groups is 2. The van der Waals surface area contributed by atoms with Crippen LogP contribution in [0.5, 0.6) is 5.75 Å². The Kier molecular flexibility index (Phi) is 5.91. The van der Waals surface area contributed by atoms with Gasteiger partial charge in [0.15, 0.2) is 11.2 Å². The number of carbonyl (C=O) groups excluding carboxylic acids is 2. The lowest BCUT2D eigenvalue weighted by Gasteiger charge is -2.36. The molecule has 10 heteroatoms. The maximum Gasteiger partial charge on any atom is 0.280 e. The Morgan fingerprint density at radius 3 is 2.40 bits per heavy atom. The molecule has 40 heavy (non-hydrogen) atoms. The molecule has 2 aliphatic rings. The molecule has 204 valence electrons. The first-order valence-corrected chi connectivity index (χ1v) is 13.6. The SMILES string of the molecule is COc1cc(N)c(C)cc1-c1nc2c(n1C(C)C)[C@]1(C(=O)Nc3cc(Cl)ccc31)N(c1cc(Cl)ccc1C)C2=O. The van der Waals surface area contributed by atoms with Crippen LogP contribution in [0.1, 0.15) is 52.8 Å². The topological polar surface area (TPSA) is 102 Å². The van der Waals surface area contributed by atoms with Crippen molar-refractivity contribution in [1.82, 2.24) is 9.55 Å². The fourth-order valence-electron chi connectivity index (χ4n) is 5.87. The lowest BCUT2D eigenvalue weighted by atomic mass is 9.86. The third-order valence-corrected chi connectivity index (χ3v) is 8.17. The predicted octanol–water partition coefficient (Wildman–Crippen LogP) is 6.50. The Morgan fingerprint density at radius 1 is 1.00 bits per heavy atom. The molecule has 8 nitrogen and oxygen atoms in total. The number of nitrogens with two attached hydrogens (primary N) is 1. The van der Waals surface area contributed by atoms with Crippen LogP contribution < -0.4 is 20.7 Å². The van der Waals surface area contributed by atoms with Gasteiger partial charge in [-0.05, 0) is 69.2 Å². The lowest BCUT2D eigenvalue weighted by Crippen LogP contribution is -2.51. The molecule has 4 aromatic rings. The van der Waals surface area contributed by atoms with Crippen molar-refractivity contribution >= 4 is 52.1 Å². The third kappa shape index (κ3) is 3.42. The number of rotatable bonds is 4. The number of nitrogen functional groups attached to an aromatic ring is 1. The van der Waals surface area contributed by atoms with Crippen molar-refractivity contribution in [1.29, 1.82) is 0 Å². The Morgan fingerprint density at radius 2 is 1.70 bits per heavy atom. The summed E-state index contributed by atoms with van der Waals surface area (Å²) in [5.41, 5.74) is 9.78. The first-order chi connectivity index (χ1) is 19.0. The van der Waals surface area contributed by atoms with E-state index in [1.165, 1.54) is 4.90 Å². The number of fused-ring (bicyclic) bond motifs is 4. The van der Waals surface area contributed by atoms with Gasteiger partial charge >= 0.3 is 0 Å². The number of anilines is 3. The van der Waals surface area contributed by atoms with Gasteiger partial charge in [0.1, 0.15) is 11.6 Å². The molecule has 3 N–H and O–H groups in total. The van der Waals surface area contributed by atoms with Crippen molar-refractivity contribution < 1.29 is 14.3 Å². The molecular weight excluding hydrogens is 549 g/mol. The fraction of sp³-hybridized carbons (Fsp3) is 0.233. The summed E-state index contributed by atoms with van der Waals surface area (Å²) >= 11 is 12.8. The summed E-state index contributed by atoms with van der Waals surface area (Å²) in [5.74, 6) is 0.223. The zero-order valence-corrected chi connectivity index (χ0v) is 24.1. The predicted molar refractivity (Wildman–Crippen MR) is 158 cm³/mol. The zero-order valence-electron chi connectivity index (χ0n) is 22.6. The Bertz CT molecular complexity index is 1760. The minimum absolute atomic E-state index is 0.178. The average molecular weight is 576 g/mol. The number of halogens is 2. The number of amides is 2. The third-order valence-electron chi connectivity index (χ3n) is 7.70. The standard InChI is InChI=1S/C30H27Cl2N5O3/c1-14(2)36-26-25(35-27(36)19-10-16(4)21(33)13-24(19)40-5)28(38)37(23-12-18(32)7-6-15(23)3)30(26)20-9-8-17(31)11-22(20)34-29(30)39/h6-14H,33H2,1-5H3,(H,34,39)/t30-/m1/s1. The van der Waals surface area contributed by atoms with Gasteiger partial charge in [-0.25, -0.2) is 4.98 Å². The number of nitrogens with one attached hydrogen (secondary N) is 1. The molecule has 3 aromatic carbocycles. The number of aromatic nitrogens is 2. The van der Waals surface area contributed by atoms with Gasteiger partial charge in [-0.1, -0.05) is 35.3 Å². The summed E-state index contributed by atoms with van der Waals surface area (Å²) in [7, 11) is 1.56. The summed E-state index contributed by atoms with van der Waals surface area (Å²) in [5, 5.41) is 3.89. The zero-order chi connectivity index (χ0) is 28.7. The summed E-state index contributed by atoms with van der Waals surface area (Å²) in [6, 6.07) is 13.9. The number of hydrogen-bond acceptors (Lipinski definition) is 5. The molecule has 6 rings (SSSR count). The minimum Gasteiger partial charge on any atom is -0.496 e. The van der Waals surface area contributed by atoms with Gasteiger partial charge in [-0.3, -0.25) is 14.5 Å². The molecule has 0 unspecified atom stereocenters. The quantitative estimate of drug-likeness (QED) is 0.270. The molecule has 2 aliphatic heterocycles. The normalized spacial score (nSPS) is 17.6. The van der Waals surface area contributed by atoms with Gasteiger partial charge in [-0.2, -0.15) is 0 Å². The van der Waals surface area contributed by atoms with Crippen molar-refractivity contribution in [2.45, 2.75) is 39.3 Å². The molecule has 3 heterocycles. The van der Waals surface area contributed by atoms with Crippen molar-refractivity contribution in [3.05, 3.63) is 86.7 Å². The van der Waals surface area contributed by atoms with Gasteiger partial charge in [0.05, 0.1) is 24.1 Å². The maximum absolute atomic E-state index is 14.5. The summed E-state index contributed by atoms with van der Waals surface area (Å²) in [4.78, 5) is 35.3. The molecule has 0 bridgehead atoms. The van der Waals surface area contributed by atoms with Gasteiger partial charge in [0.2, 0.25) is 0 Å². The highest BCUT2D eigenvalue weighted by Gasteiger charge is 2.64. The van der Waals surface area contributed by atoms with E-state index in [9.17, 15) is 9.59 Å². The van der Waals surface area contributed by atoms with Crippen molar-refractivity contribution in [2.75, 3.05) is 23.1 Å². The van der Waals surface area contributed by atoms with E-state index in [1.807, 2.05) is 44.4 Å². The molecule has 0 saturated heterocycles. The Balaban J connectivity index is 1.75. The van der Waals surface area contributed by atoms with Gasteiger partial charge < -0.3 is 20.4 Å². The van der Waals surface area contributed by atoms with Crippen molar-refractivity contribution in [3.63, 3.8) is 0 Å². The van der Waals surface area contributed by atoms with E-state index in [0.717, 1.165) is 11.1 Å². The number of hydrogen-bond donors (Lipinski definition) is 2. The molecular formula is C30H27Cl2N5O3. The Labute approximate surface area is 241 Å². The van der Waals surface area contributed by atoms with E-state index in [0.29, 0.717) is 55.5 Å². The highest BCUT2D eigenvalue weighted by Crippen LogP contribution is 2.55. The summed E-state index contributed by atoms with van der Waals surface area (Å²) in [6.45, 7) is 7.75. The Hall–Kier alpha value is -4.01. The molecule has 2 amide bonds. The van der Waals surface area contributed by atoms with E-state index in [1.54, 1.807) is 43.5 Å². The lowest BCUT2D eigenvalue weighted by molar-refractivity contribution is -0.119. The molecule has 1 aromatic heterocycles. The summed E-state index contributed by atoms with van der Waals surface area (Å²) < 4.78 is 7.64. The van der Waals surface area contributed by atoms with Crippen molar-refractivity contribution in [2.24, 2.45) is 0 Å². The molecule has 0 saturated carbocycles. The van der Waals surface area contributed by atoms with E-state index in [2.05, 4.69) is 5.32 Å². The van der Waals surface area contributed by atoms with Gasteiger partial charge in [0, 0.05) is 39.1 Å². The van der Waals surface area contributed by atoms with Crippen LogP contribution in [0.2, 0.25) is 10.0 Å². The van der Waals surface area contributed by atoms with Crippen LogP contribution in [0, 0.1) is 13.8 Å². The number of benzene rings is 3. The average Bonchev–Trinajstić information content (AvgIpc) is 3.51. The molecule has 1 spiro atoms. The monoisotopic (exact) mass is 575 g/mol. The molecule has 0 aliphatic carbocycles. The van der Waals surface area contributed by atoms with E-state index in [4.69, 9.17) is 38.7 Å². The fourth-order valence-corrected chi connectivity index (χ4v) is 6.21. The maximum atomic E-state index is 14.5. The number of ether oxygens (including phenoxy) is 1. The van der Waals surface area contributed by atoms with Gasteiger partial charge in [0.25, 0.3) is 11.8 Å². The van der Waals surface area contributed by atoms with Crippen LogP contribution >= 0.6 is 23.2 Å². The van der Waals surface area contributed by atoms with Crippen LogP contribution in [0.3, 0.4) is 0 Å². The van der Waals surface area contributed by atoms with Gasteiger partial charge in [-0.15, -0.1) is 0 Å². The number of imidazole rings is 1. The smallest absolute Gasteiger partial charge is 0.280 e. The highest BCUT2D eigenvalue weighted by molar-refractivity contribution is 6.32. The minimum atomic E-state index is -1.56. The molecule has 0 fully saturated rings. The van der Waals surface area contributed by atoms with Crippen LogP contribution in [-0.2, 0) is 10.3 Å². The van der Waals surface area contributed by atoms with E-state index in [-0.39, 0.29) is 17.6 Å². The second kappa shape index (κ2) is 9.01. The number of methoxy groups -OCH3 is 1. The van der Waals surface area contributed by atoms with Crippen LogP contribution in [0.25, 0.3) is 11.4 Å². The van der Waals surface area contributed by atoms with E-state index >= 15 is 0 Å². The second-order valence-electron chi connectivity index (χ2n) is 10.4. The second-order valence-corrected chi connectivity index (χ2v) is 11.3. The molecule has 1 atom stereocenters. The highest BCUT2D eigenvalue weighted by atomic mass is 35.5.